The first-order valence-electron chi connectivity index (χ1n) is 7.57. The fourth-order valence-corrected chi connectivity index (χ4v) is 2.62. The molecule has 6 nitrogen and oxygen atoms in total. The summed E-state index contributed by atoms with van der Waals surface area (Å²) in [6.07, 6.45) is -4.06. The quantitative estimate of drug-likeness (QED) is 0.819. The first kappa shape index (κ1) is 17.5. The Balaban J connectivity index is 1.72. The number of amides is 1. The van der Waals surface area contributed by atoms with E-state index in [1.165, 1.54) is 6.20 Å². The van der Waals surface area contributed by atoms with Crippen molar-refractivity contribution in [1.29, 1.82) is 0 Å². The maximum atomic E-state index is 12.4. The summed E-state index contributed by atoms with van der Waals surface area (Å²) in [6, 6.07) is 5.01. The number of carbonyl (C=O) groups is 1. The second-order valence-corrected chi connectivity index (χ2v) is 5.76. The predicted octanol–water partition coefficient (Wildman–Crippen LogP) is 1.61. The smallest absolute Gasteiger partial charge is 0.423 e. The highest BCUT2D eigenvalue weighted by molar-refractivity contribution is 6.61. The molecule has 10 heteroatoms. The van der Waals surface area contributed by atoms with Gasteiger partial charge in [0.15, 0.2) is 0 Å². The zero-order valence-corrected chi connectivity index (χ0v) is 13.3. The van der Waals surface area contributed by atoms with Gasteiger partial charge in [-0.3, -0.25) is 9.48 Å². The minimum Gasteiger partial charge on any atom is -0.423 e. The second kappa shape index (κ2) is 6.53. The lowest BCUT2D eigenvalue weighted by molar-refractivity contribution is -0.137. The molecule has 0 fully saturated rings. The lowest BCUT2D eigenvalue weighted by atomic mass is 9.79. The summed E-state index contributed by atoms with van der Waals surface area (Å²) in [5.41, 5.74) is 2.42. The fourth-order valence-electron chi connectivity index (χ4n) is 2.62. The van der Waals surface area contributed by atoms with Crippen LogP contribution in [0.25, 0.3) is 0 Å². The highest BCUT2D eigenvalue weighted by Gasteiger charge is 2.28. The summed E-state index contributed by atoms with van der Waals surface area (Å²) in [7, 11) is -1.03. The Morgan fingerprint density at radius 2 is 2.24 bits per heavy atom. The van der Waals surface area contributed by atoms with Crippen LogP contribution in [-0.2, 0) is 17.8 Å². The molecular weight excluding hydrogens is 338 g/mol. The number of hydrogen-bond acceptors (Lipinski definition) is 4. The average Bonchev–Trinajstić information content (AvgIpc) is 3.08. The molecule has 1 amide bonds. The molecule has 0 spiro atoms. The van der Waals surface area contributed by atoms with E-state index in [-0.39, 0.29) is 12.1 Å². The number of benzene rings is 1. The van der Waals surface area contributed by atoms with E-state index in [0.717, 1.165) is 10.2 Å². The van der Waals surface area contributed by atoms with Crippen LogP contribution in [0.3, 0.4) is 0 Å². The average molecular weight is 353 g/mol. The minimum atomic E-state index is -4.28. The van der Waals surface area contributed by atoms with Crippen molar-refractivity contribution in [3.05, 3.63) is 41.2 Å². The molecular formula is C15H15BF3N3O3. The van der Waals surface area contributed by atoms with Gasteiger partial charge in [-0.1, -0.05) is 6.07 Å². The first-order valence-corrected chi connectivity index (χ1v) is 7.57. The van der Waals surface area contributed by atoms with E-state index < -0.39 is 25.6 Å². The van der Waals surface area contributed by atoms with E-state index in [4.69, 9.17) is 4.65 Å². The Labute approximate surface area is 141 Å². The van der Waals surface area contributed by atoms with Crippen LogP contribution in [0.1, 0.15) is 28.0 Å². The number of nitrogens with zero attached hydrogens (tertiary/aromatic N) is 2. The van der Waals surface area contributed by atoms with Crippen LogP contribution in [0.2, 0.25) is 0 Å². The molecule has 0 radical (unpaired) electrons. The van der Waals surface area contributed by atoms with E-state index in [2.05, 4.69) is 10.4 Å². The number of anilines is 1. The molecule has 0 saturated heterocycles. The van der Waals surface area contributed by atoms with Crippen LogP contribution in [0, 0.1) is 6.92 Å². The lowest BCUT2D eigenvalue weighted by Crippen LogP contribution is -2.28. The molecule has 0 aliphatic carbocycles. The summed E-state index contributed by atoms with van der Waals surface area (Å²) in [4.78, 5) is 12.4. The van der Waals surface area contributed by atoms with Crippen molar-refractivity contribution >= 4 is 24.2 Å². The third kappa shape index (κ3) is 3.85. The van der Waals surface area contributed by atoms with Gasteiger partial charge in [-0.15, -0.1) is 0 Å². The molecule has 0 bridgehead atoms. The van der Waals surface area contributed by atoms with Gasteiger partial charge < -0.3 is 15.0 Å². The molecule has 0 atom stereocenters. The van der Waals surface area contributed by atoms with Gasteiger partial charge in [-0.25, -0.2) is 0 Å². The highest BCUT2D eigenvalue weighted by atomic mass is 19.4. The van der Waals surface area contributed by atoms with Gasteiger partial charge in [0.2, 0.25) is 0 Å². The third-order valence-electron chi connectivity index (χ3n) is 4.02. The van der Waals surface area contributed by atoms with Crippen LogP contribution in [0.4, 0.5) is 18.9 Å². The molecule has 1 aromatic heterocycles. The molecule has 1 aliphatic heterocycles. The van der Waals surface area contributed by atoms with Crippen LogP contribution < -0.4 is 10.8 Å². The maximum absolute atomic E-state index is 12.4. The van der Waals surface area contributed by atoms with Crippen molar-refractivity contribution in [2.75, 3.05) is 5.32 Å². The number of carbonyl (C=O) groups excluding carboxylic acids is 1. The molecule has 2 N–H and O–H groups in total. The van der Waals surface area contributed by atoms with Crippen LogP contribution in [-0.4, -0.2) is 34.0 Å². The Morgan fingerprint density at radius 3 is 2.96 bits per heavy atom. The Kier molecular flexibility index (Phi) is 4.57. The number of fused-ring (bicyclic) bond motifs is 1. The molecule has 2 heterocycles. The number of aromatic nitrogens is 2. The molecule has 0 unspecified atom stereocenters. The number of rotatable bonds is 4. The topological polar surface area (TPSA) is 76.4 Å². The van der Waals surface area contributed by atoms with E-state index >= 15 is 0 Å². The van der Waals surface area contributed by atoms with Crippen molar-refractivity contribution in [2.24, 2.45) is 0 Å². The Hall–Kier alpha value is -2.33. The summed E-state index contributed by atoms with van der Waals surface area (Å²) in [5.74, 6) is -0.482. The summed E-state index contributed by atoms with van der Waals surface area (Å²) < 4.78 is 43.2. The normalized spacial score (nSPS) is 13.9. The molecule has 1 aliphatic rings. The summed E-state index contributed by atoms with van der Waals surface area (Å²) >= 11 is 0. The largest absolute Gasteiger partial charge is 0.491 e. The first-order chi connectivity index (χ1) is 11.7. The zero-order chi connectivity index (χ0) is 18.2. The molecule has 0 saturated carbocycles. The molecule has 3 rings (SSSR count). The fraction of sp³-hybridized carbons (Fsp3) is 0.333. The van der Waals surface area contributed by atoms with Crippen LogP contribution in [0.5, 0.6) is 0 Å². The predicted molar refractivity (Wildman–Crippen MR) is 84.4 cm³/mol. The van der Waals surface area contributed by atoms with Crippen molar-refractivity contribution < 1.29 is 27.6 Å². The number of hydrogen-bond donors (Lipinski definition) is 2. The van der Waals surface area contributed by atoms with Crippen molar-refractivity contribution in [1.82, 2.24) is 9.78 Å². The molecule has 25 heavy (non-hydrogen) atoms. The highest BCUT2D eigenvalue weighted by Crippen LogP contribution is 2.21. The standard InChI is InChI=1S/C15H15BF3N3O3/c1-9-12(7-20-22(9)5-4-15(17,18)19)14(23)21-11-3-2-10-8-25-16(24)13(10)6-11/h2-3,6-7,24H,4-5,8H2,1H3,(H,21,23). The van der Waals surface area contributed by atoms with E-state index in [1.807, 2.05) is 0 Å². The summed E-state index contributed by atoms with van der Waals surface area (Å²) in [6.45, 7) is 1.50. The van der Waals surface area contributed by atoms with Gasteiger partial charge in [-0.2, -0.15) is 18.3 Å². The van der Waals surface area contributed by atoms with E-state index in [9.17, 15) is 23.0 Å². The number of nitrogens with one attached hydrogen (secondary N) is 1. The third-order valence-corrected chi connectivity index (χ3v) is 4.02. The van der Waals surface area contributed by atoms with E-state index in [0.29, 0.717) is 23.5 Å². The second-order valence-electron chi connectivity index (χ2n) is 5.76. The zero-order valence-electron chi connectivity index (χ0n) is 13.3. The van der Waals surface area contributed by atoms with Gasteiger partial charge in [0.25, 0.3) is 5.91 Å². The number of halogens is 3. The van der Waals surface area contributed by atoms with Crippen molar-refractivity contribution in [3.8, 4) is 0 Å². The van der Waals surface area contributed by atoms with Crippen LogP contribution in [0.15, 0.2) is 24.4 Å². The monoisotopic (exact) mass is 353 g/mol. The van der Waals surface area contributed by atoms with Crippen molar-refractivity contribution in [3.63, 3.8) is 0 Å². The number of alkyl halides is 3. The Morgan fingerprint density at radius 1 is 1.48 bits per heavy atom. The maximum Gasteiger partial charge on any atom is 0.491 e. The van der Waals surface area contributed by atoms with Gasteiger partial charge in [0, 0.05) is 17.9 Å². The molecule has 2 aromatic rings. The molecule has 1 aromatic carbocycles. The SMILES string of the molecule is Cc1c(C(=O)Nc2ccc3c(c2)B(O)OC3)cnn1CCC(F)(F)F. The van der Waals surface area contributed by atoms with E-state index in [1.54, 1.807) is 25.1 Å². The van der Waals surface area contributed by atoms with Gasteiger partial charge >= 0.3 is 13.3 Å². The van der Waals surface area contributed by atoms with Crippen molar-refractivity contribution in [2.45, 2.75) is 32.7 Å². The minimum absolute atomic E-state index is 0.194. The van der Waals surface area contributed by atoms with Gasteiger partial charge in [0.05, 0.1) is 24.8 Å². The number of aryl methyl sites for hydroxylation is 1. The summed E-state index contributed by atoms with van der Waals surface area (Å²) in [5, 5.41) is 16.2. The van der Waals surface area contributed by atoms with Crippen LogP contribution >= 0.6 is 0 Å². The van der Waals surface area contributed by atoms with Gasteiger partial charge in [0.1, 0.15) is 0 Å². The molecule has 132 valence electrons. The Bertz CT molecular complexity index is 807. The van der Waals surface area contributed by atoms with Gasteiger partial charge in [-0.05, 0) is 30.1 Å². The lowest BCUT2D eigenvalue weighted by Gasteiger charge is -2.09.